The number of carbonyl (C=O) groups excluding carboxylic acids is 2. The molecule has 4 atom stereocenters. The lowest BCUT2D eigenvalue weighted by Gasteiger charge is -2.37. The van der Waals surface area contributed by atoms with Gasteiger partial charge in [0.1, 0.15) is 35.1 Å². The zero-order valence-corrected chi connectivity index (χ0v) is 33.5. The fourth-order valence-corrected chi connectivity index (χ4v) is 7.29. The maximum atomic E-state index is 13.5. The minimum Gasteiger partial charge on any atom is -0.497 e. The number of amides is 2. The minimum atomic E-state index is -1.49. The largest absolute Gasteiger partial charge is 0.497 e. The average molecular weight is 839 g/mol. The van der Waals surface area contributed by atoms with E-state index in [9.17, 15) is 19.5 Å². The van der Waals surface area contributed by atoms with Crippen molar-refractivity contribution in [2.45, 2.75) is 30.1 Å². The van der Waals surface area contributed by atoms with Crippen LogP contribution in [-0.2, 0) is 24.6 Å². The number of carbonyl (C=O) groups is 2. The van der Waals surface area contributed by atoms with Crippen LogP contribution in [0.3, 0.4) is 0 Å². The molecule has 0 spiro atoms. The van der Waals surface area contributed by atoms with Crippen molar-refractivity contribution in [3.63, 3.8) is 0 Å². The van der Waals surface area contributed by atoms with Crippen LogP contribution in [0, 0.1) is 0 Å². The Morgan fingerprint density at radius 2 is 1.35 bits per heavy atom. The first-order valence-corrected chi connectivity index (χ1v) is 19.5. The Balaban J connectivity index is 1.14. The summed E-state index contributed by atoms with van der Waals surface area (Å²) in [6.45, 7) is -0.608. The van der Waals surface area contributed by atoms with Gasteiger partial charge in [-0.25, -0.2) is 9.78 Å². The predicted molar refractivity (Wildman–Crippen MR) is 227 cm³/mol. The van der Waals surface area contributed by atoms with Gasteiger partial charge in [-0.15, -0.1) is 0 Å². The van der Waals surface area contributed by atoms with Crippen LogP contribution in [0.15, 0.2) is 151 Å². The van der Waals surface area contributed by atoms with Crippen LogP contribution in [0.4, 0.5) is 16.4 Å². The number of aliphatic hydroxyl groups is 1. The van der Waals surface area contributed by atoms with E-state index in [0.29, 0.717) is 22.9 Å². The van der Waals surface area contributed by atoms with E-state index in [4.69, 9.17) is 28.4 Å². The zero-order chi connectivity index (χ0) is 43.1. The van der Waals surface area contributed by atoms with E-state index >= 15 is 0 Å². The molecule has 2 amide bonds. The summed E-state index contributed by atoms with van der Waals surface area (Å²) in [6, 6.07) is 41.9. The normalized spacial score (nSPS) is 17.3. The number of aromatic amines is 1. The number of nitrogens with zero attached hydrogens (tertiary/aromatic N) is 3. The van der Waals surface area contributed by atoms with Gasteiger partial charge in [0.15, 0.2) is 30.1 Å². The fourth-order valence-electron chi connectivity index (χ4n) is 7.29. The molecule has 8 rings (SSSR count). The monoisotopic (exact) mass is 838 g/mol. The topological polar surface area (TPSA) is 197 Å². The van der Waals surface area contributed by atoms with Crippen LogP contribution in [0.5, 0.6) is 17.2 Å². The Kier molecular flexibility index (Phi) is 12.2. The molecule has 16 heteroatoms. The Labute approximate surface area is 355 Å². The summed E-state index contributed by atoms with van der Waals surface area (Å²) in [6.07, 6.45) is -4.91. The van der Waals surface area contributed by atoms with E-state index in [1.165, 1.54) is 10.9 Å². The number of ether oxygens (including phenoxy) is 6. The molecule has 7 aromatic rings. The van der Waals surface area contributed by atoms with Gasteiger partial charge < -0.3 is 33.5 Å². The molecule has 4 N–H and O–H groups in total. The summed E-state index contributed by atoms with van der Waals surface area (Å²) >= 11 is 0. The van der Waals surface area contributed by atoms with Gasteiger partial charge in [-0.3, -0.25) is 29.8 Å². The minimum absolute atomic E-state index is 0.0287. The molecule has 316 valence electrons. The summed E-state index contributed by atoms with van der Waals surface area (Å²) < 4.78 is 37.4. The summed E-state index contributed by atoms with van der Waals surface area (Å²) in [4.78, 5) is 50.9. The first-order valence-electron chi connectivity index (χ1n) is 19.5. The van der Waals surface area contributed by atoms with Crippen LogP contribution in [-0.4, -0.2) is 82.4 Å². The van der Waals surface area contributed by atoms with Crippen LogP contribution in [0.1, 0.15) is 22.9 Å². The number of methoxy groups -OCH3 is 2. The molecule has 1 aliphatic heterocycles. The van der Waals surface area contributed by atoms with Gasteiger partial charge in [-0.05, 0) is 65.2 Å². The Morgan fingerprint density at radius 1 is 0.774 bits per heavy atom. The fraction of sp³-hybridized carbons (Fsp3) is 0.196. The van der Waals surface area contributed by atoms with E-state index in [2.05, 4.69) is 25.6 Å². The molecule has 1 saturated heterocycles. The van der Waals surface area contributed by atoms with Crippen molar-refractivity contribution >= 4 is 34.8 Å². The molecule has 0 unspecified atom stereocenters. The second-order valence-electron chi connectivity index (χ2n) is 14.1. The van der Waals surface area contributed by atoms with Crippen LogP contribution in [0.2, 0.25) is 0 Å². The highest BCUT2D eigenvalue weighted by atomic mass is 16.6. The number of nitrogens with one attached hydrogen (secondary N) is 3. The summed E-state index contributed by atoms with van der Waals surface area (Å²) in [5.74, 6) is 0.959. The lowest BCUT2D eigenvalue weighted by molar-refractivity contribution is -0.118. The Morgan fingerprint density at radius 3 is 1.97 bits per heavy atom. The number of H-pyrrole nitrogens is 1. The molecular weight excluding hydrogens is 797 g/mol. The van der Waals surface area contributed by atoms with E-state index in [1.54, 1.807) is 68.8 Å². The van der Waals surface area contributed by atoms with Crippen molar-refractivity contribution in [2.24, 2.45) is 0 Å². The third kappa shape index (κ3) is 8.69. The number of para-hydroxylation sites is 2. The molecule has 2 aromatic heterocycles. The Hall–Kier alpha value is -7.53. The second-order valence-corrected chi connectivity index (χ2v) is 14.1. The molecule has 0 aliphatic carbocycles. The number of anilines is 2. The molecule has 1 aliphatic rings. The van der Waals surface area contributed by atoms with Crippen molar-refractivity contribution in [1.29, 1.82) is 0 Å². The van der Waals surface area contributed by atoms with Crippen molar-refractivity contribution in [3.8, 4) is 17.2 Å². The molecule has 62 heavy (non-hydrogen) atoms. The molecule has 0 bridgehead atoms. The van der Waals surface area contributed by atoms with Gasteiger partial charge in [0, 0.05) is 5.69 Å². The smallest absolute Gasteiger partial charge is 0.412 e. The van der Waals surface area contributed by atoms with Gasteiger partial charge in [-0.1, -0.05) is 91.0 Å². The van der Waals surface area contributed by atoms with Gasteiger partial charge in [0.25, 0.3) is 11.5 Å². The Bertz CT molecular complexity index is 2610. The third-order valence-corrected chi connectivity index (χ3v) is 10.3. The van der Waals surface area contributed by atoms with Crippen molar-refractivity contribution < 1.29 is 43.1 Å². The second kappa shape index (κ2) is 18.4. The number of imidazole rings is 1. The molecule has 0 radical (unpaired) electrons. The van der Waals surface area contributed by atoms with Gasteiger partial charge in [0.2, 0.25) is 5.95 Å². The quantitative estimate of drug-likeness (QED) is 0.0876. The van der Waals surface area contributed by atoms with Crippen LogP contribution < -0.4 is 30.4 Å². The summed E-state index contributed by atoms with van der Waals surface area (Å²) in [5, 5.41) is 17.3. The highest BCUT2D eigenvalue weighted by Gasteiger charge is 2.50. The first-order chi connectivity index (χ1) is 30.2. The zero-order valence-electron chi connectivity index (χ0n) is 33.5. The lowest BCUT2D eigenvalue weighted by Crippen LogP contribution is -2.41. The van der Waals surface area contributed by atoms with E-state index in [1.807, 2.05) is 84.9 Å². The highest BCUT2D eigenvalue weighted by Crippen LogP contribution is 2.43. The van der Waals surface area contributed by atoms with Crippen LogP contribution in [0.25, 0.3) is 11.2 Å². The summed E-state index contributed by atoms with van der Waals surface area (Å²) in [5.41, 5.74) is 0.611. The number of benzene rings is 5. The summed E-state index contributed by atoms with van der Waals surface area (Å²) in [7, 11) is 3.17. The van der Waals surface area contributed by atoms with E-state index in [0.717, 1.165) is 16.7 Å². The SMILES string of the molecule is COc1ccc(C(OC[C@H]2O[C@@H](n3cnc4c(=O)[nH]c(NC(=O)COc5ccccc5)nc43)[C@H](OC(=O)Nc3ccccc3)[C@@H]2O)(c2ccccc2)c2ccc(OC)cc2)cc1. The van der Waals surface area contributed by atoms with Gasteiger partial charge in [0.05, 0.1) is 27.2 Å². The molecule has 3 heterocycles. The molecule has 1 fully saturated rings. The third-order valence-electron chi connectivity index (χ3n) is 10.3. The first kappa shape index (κ1) is 41.2. The number of hydrogen-bond donors (Lipinski definition) is 4. The standard InChI is InChI=1S/C46H42N6O10/c1-57-33-22-18-30(19-23-33)46(29-12-6-3-7-13-29,31-20-24-34(58-2)25-21-31)60-26-36-39(54)40(62-45(56)48-32-14-8-4-9-15-32)43(61-36)52-28-47-38-41(52)50-44(51-42(38)55)49-37(53)27-59-35-16-10-5-11-17-35/h3-25,28,36,39-40,43,54H,26-27H2,1-2H3,(H,48,56)(H2,49,50,51,53,55)/t36-,39-,40-,43-/m1/s1. The van der Waals surface area contributed by atoms with Gasteiger partial charge >= 0.3 is 6.09 Å². The average Bonchev–Trinajstić information content (AvgIpc) is 3.87. The lowest BCUT2D eigenvalue weighted by atomic mass is 9.80. The molecule has 5 aromatic carbocycles. The predicted octanol–water partition coefficient (Wildman–Crippen LogP) is 6.04. The maximum absolute atomic E-state index is 13.5. The molecule has 16 nitrogen and oxygen atoms in total. The highest BCUT2D eigenvalue weighted by molar-refractivity contribution is 5.91. The molecular formula is C46H42N6O10. The molecule has 0 saturated carbocycles. The number of hydrogen-bond acceptors (Lipinski definition) is 12. The van der Waals surface area contributed by atoms with E-state index < -0.39 is 47.7 Å². The van der Waals surface area contributed by atoms with E-state index in [-0.39, 0.29) is 30.3 Å². The number of fused-ring (bicyclic) bond motifs is 1. The maximum Gasteiger partial charge on any atom is 0.412 e. The number of rotatable bonds is 15. The van der Waals surface area contributed by atoms with Gasteiger partial charge in [-0.2, -0.15) is 4.98 Å². The number of aromatic nitrogens is 4. The number of aliphatic hydroxyl groups excluding tert-OH is 1. The van der Waals surface area contributed by atoms with Crippen LogP contribution >= 0.6 is 0 Å². The van der Waals surface area contributed by atoms with Crippen molar-refractivity contribution in [1.82, 2.24) is 19.5 Å². The van der Waals surface area contributed by atoms with Crippen molar-refractivity contribution in [3.05, 3.63) is 173 Å². The van der Waals surface area contributed by atoms with Crippen molar-refractivity contribution in [2.75, 3.05) is 38.1 Å².